The minimum atomic E-state index is -1.77. The summed E-state index contributed by atoms with van der Waals surface area (Å²) in [5.41, 5.74) is 3.87. The van der Waals surface area contributed by atoms with Gasteiger partial charge in [0.2, 0.25) is 12.2 Å². The minimum Gasteiger partial charge on any atom is -0.456 e. The molecule has 8 N–H and O–H groups in total. The van der Waals surface area contributed by atoms with E-state index in [0.717, 1.165) is 28.7 Å². The predicted molar refractivity (Wildman–Crippen MR) is 127 cm³/mol. The van der Waals surface area contributed by atoms with Gasteiger partial charge in [0.1, 0.15) is 24.4 Å². The molecule has 2 amide bonds. The number of H-pyrrole nitrogens is 1. The van der Waals surface area contributed by atoms with Gasteiger partial charge in [-0.25, -0.2) is 4.79 Å². The highest BCUT2D eigenvalue weighted by Gasteiger charge is 2.51. The van der Waals surface area contributed by atoms with Crippen molar-refractivity contribution in [1.82, 2.24) is 14.9 Å². The fourth-order valence-electron chi connectivity index (χ4n) is 3.96. The number of rotatable bonds is 11. The smallest absolute Gasteiger partial charge is 0.330 e. The number of nitrogens with one attached hydrogen (secondary N) is 2. The Balaban J connectivity index is 1.79. The van der Waals surface area contributed by atoms with Gasteiger partial charge >= 0.3 is 5.69 Å². The standard InChI is InChI=1S/C21H30N4O11S/c1-37-6-2-4-23-18(32)11-7-10(27)14(30)20(34-11)36-16(17(22)31)15-9(8-26)13(29)19(35-15)25-5-3-12(28)24-21(25)33/h3,5,7,9-10,13-16,19-20,26-27,29-30H,2,4,6,8H2,1H3,(H2,22,31)(H,23,32)(H,24,28,33)/t9-,10-,13+,14-,15-,16+,19+,20+/m0/s1. The molecule has 0 radical (unpaired) electrons. The van der Waals surface area contributed by atoms with Crippen LogP contribution in [-0.2, 0) is 23.8 Å². The molecule has 0 aromatic carbocycles. The van der Waals surface area contributed by atoms with Gasteiger partial charge in [-0.1, -0.05) is 0 Å². The second kappa shape index (κ2) is 12.7. The number of carbonyl (C=O) groups is 2. The van der Waals surface area contributed by atoms with Crippen molar-refractivity contribution in [2.24, 2.45) is 11.7 Å². The largest absolute Gasteiger partial charge is 0.456 e. The molecule has 1 aromatic heterocycles. The quantitative estimate of drug-likeness (QED) is 0.132. The molecule has 0 bridgehead atoms. The third-order valence-corrected chi connectivity index (χ3v) is 6.57. The Labute approximate surface area is 214 Å². The highest BCUT2D eigenvalue weighted by atomic mass is 32.2. The summed E-state index contributed by atoms with van der Waals surface area (Å²) in [7, 11) is 0. The summed E-state index contributed by atoms with van der Waals surface area (Å²) in [6.07, 6.45) is -6.69. The van der Waals surface area contributed by atoms with Crippen molar-refractivity contribution in [2.75, 3.05) is 25.2 Å². The number of thioether (sulfide) groups is 1. The molecular formula is C21H30N4O11S. The van der Waals surface area contributed by atoms with Crippen LogP contribution in [0.25, 0.3) is 0 Å². The normalized spacial score (nSPS) is 30.3. The van der Waals surface area contributed by atoms with E-state index >= 15 is 0 Å². The van der Waals surface area contributed by atoms with E-state index in [2.05, 4.69) is 5.32 Å². The van der Waals surface area contributed by atoms with Gasteiger partial charge in [0.15, 0.2) is 18.1 Å². The lowest BCUT2D eigenvalue weighted by Crippen LogP contribution is -2.53. The van der Waals surface area contributed by atoms with E-state index < -0.39 is 78.6 Å². The molecule has 206 valence electrons. The molecule has 0 saturated carbocycles. The molecule has 1 saturated heterocycles. The van der Waals surface area contributed by atoms with Crippen LogP contribution in [0, 0.1) is 5.92 Å². The molecule has 2 aliphatic heterocycles. The fourth-order valence-corrected chi connectivity index (χ4v) is 4.39. The summed E-state index contributed by atoms with van der Waals surface area (Å²) in [5.74, 6) is -2.60. The van der Waals surface area contributed by atoms with Crippen molar-refractivity contribution in [3.05, 3.63) is 44.9 Å². The number of carbonyl (C=O) groups excluding carboxylic acids is 2. The van der Waals surface area contributed by atoms with Gasteiger partial charge in [0, 0.05) is 24.7 Å². The molecule has 8 atom stereocenters. The third-order valence-electron chi connectivity index (χ3n) is 5.87. The summed E-state index contributed by atoms with van der Waals surface area (Å²) in [6, 6.07) is 1.01. The van der Waals surface area contributed by atoms with Crippen LogP contribution in [-0.4, -0.2) is 104 Å². The average molecular weight is 547 g/mol. The Morgan fingerprint density at radius 3 is 2.65 bits per heavy atom. The molecule has 37 heavy (non-hydrogen) atoms. The number of amides is 2. The monoisotopic (exact) mass is 546 g/mol. The molecule has 0 spiro atoms. The number of aromatic nitrogens is 2. The molecule has 16 heteroatoms. The number of hydrogen-bond acceptors (Lipinski definition) is 12. The van der Waals surface area contributed by atoms with Gasteiger partial charge in [0.25, 0.3) is 11.5 Å². The Morgan fingerprint density at radius 1 is 1.30 bits per heavy atom. The highest BCUT2D eigenvalue weighted by Crippen LogP contribution is 2.36. The van der Waals surface area contributed by atoms with E-state index in [1.54, 1.807) is 11.8 Å². The van der Waals surface area contributed by atoms with Crippen LogP contribution in [0.15, 0.2) is 33.7 Å². The van der Waals surface area contributed by atoms with Crippen LogP contribution >= 0.6 is 11.8 Å². The van der Waals surface area contributed by atoms with Crippen LogP contribution < -0.4 is 22.3 Å². The zero-order valence-corrected chi connectivity index (χ0v) is 20.6. The Morgan fingerprint density at radius 2 is 2.03 bits per heavy atom. The number of hydrogen-bond donors (Lipinski definition) is 7. The first-order chi connectivity index (χ1) is 17.6. The van der Waals surface area contributed by atoms with Crippen molar-refractivity contribution in [3.63, 3.8) is 0 Å². The molecule has 1 fully saturated rings. The van der Waals surface area contributed by atoms with Crippen molar-refractivity contribution in [2.45, 2.75) is 49.5 Å². The van der Waals surface area contributed by atoms with E-state index in [9.17, 15) is 39.6 Å². The highest BCUT2D eigenvalue weighted by molar-refractivity contribution is 7.98. The Bertz CT molecular complexity index is 1110. The number of ether oxygens (including phenoxy) is 3. The first-order valence-corrected chi connectivity index (χ1v) is 12.7. The van der Waals surface area contributed by atoms with Gasteiger partial charge in [-0.05, 0) is 24.5 Å². The van der Waals surface area contributed by atoms with Crippen molar-refractivity contribution < 1.29 is 44.2 Å². The molecule has 3 rings (SSSR count). The maximum absolute atomic E-state index is 12.4. The van der Waals surface area contributed by atoms with E-state index in [0.29, 0.717) is 13.0 Å². The lowest BCUT2D eigenvalue weighted by molar-refractivity contribution is -0.239. The first-order valence-electron chi connectivity index (χ1n) is 11.3. The van der Waals surface area contributed by atoms with E-state index in [-0.39, 0.29) is 5.76 Å². The Kier molecular flexibility index (Phi) is 9.88. The lowest BCUT2D eigenvalue weighted by Gasteiger charge is -2.35. The fraction of sp³-hybridized carbons (Fsp3) is 0.619. The summed E-state index contributed by atoms with van der Waals surface area (Å²) >= 11 is 1.60. The molecule has 0 unspecified atom stereocenters. The van der Waals surface area contributed by atoms with Gasteiger partial charge in [-0.3, -0.25) is 23.9 Å². The third kappa shape index (κ3) is 6.59. The molecule has 2 aliphatic rings. The van der Waals surface area contributed by atoms with E-state index in [1.165, 1.54) is 0 Å². The van der Waals surface area contributed by atoms with Crippen LogP contribution in [0.3, 0.4) is 0 Å². The summed E-state index contributed by atoms with van der Waals surface area (Å²) in [4.78, 5) is 50.3. The van der Waals surface area contributed by atoms with Crippen LogP contribution in [0.1, 0.15) is 12.6 Å². The van der Waals surface area contributed by atoms with Crippen molar-refractivity contribution in [3.8, 4) is 0 Å². The second-order valence-corrected chi connectivity index (χ2v) is 9.39. The zero-order valence-electron chi connectivity index (χ0n) is 19.8. The van der Waals surface area contributed by atoms with Crippen LogP contribution in [0.2, 0.25) is 0 Å². The second-order valence-electron chi connectivity index (χ2n) is 8.41. The van der Waals surface area contributed by atoms with Crippen molar-refractivity contribution >= 4 is 23.6 Å². The summed E-state index contributed by atoms with van der Waals surface area (Å²) < 4.78 is 17.5. The Hall–Kier alpha value is -2.73. The first kappa shape index (κ1) is 28.8. The number of nitrogens with zero attached hydrogens (tertiary/aromatic N) is 1. The molecule has 15 nitrogen and oxygen atoms in total. The van der Waals surface area contributed by atoms with Gasteiger partial charge in [-0.15, -0.1) is 0 Å². The number of primary amides is 1. The average Bonchev–Trinajstić information content (AvgIpc) is 3.17. The lowest BCUT2D eigenvalue weighted by atomic mass is 9.94. The van der Waals surface area contributed by atoms with E-state index in [4.69, 9.17) is 19.9 Å². The topological polar surface area (TPSA) is 236 Å². The SMILES string of the molecule is CSCCCNC(=O)C1=C[C@H](O)[C@H](O)[C@@H](O[C@@H](C(N)=O)[C@H]2O[C@@H](n3ccc(=O)[nH]c3=O)[C@H](O)[C@@H]2CO)O1. The van der Waals surface area contributed by atoms with Gasteiger partial charge in [-0.2, -0.15) is 11.8 Å². The van der Waals surface area contributed by atoms with Crippen LogP contribution in [0.4, 0.5) is 0 Å². The van der Waals surface area contributed by atoms with Crippen LogP contribution in [0.5, 0.6) is 0 Å². The number of nitrogens with two attached hydrogens (primary N) is 1. The van der Waals surface area contributed by atoms with Gasteiger partial charge < -0.3 is 45.7 Å². The molecule has 1 aromatic rings. The number of aromatic amines is 1. The van der Waals surface area contributed by atoms with Gasteiger partial charge in [0.05, 0.1) is 6.61 Å². The zero-order chi connectivity index (χ0) is 27.3. The summed E-state index contributed by atoms with van der Waals surface area (Å²) in [6.45, 7) is -0.403. The van der Waals surface area contributed by atoms with E-state index in [1.807, 2.05) is 11.2 Å². The minimum absolute atomic E-state index is 0.325. The number of aliphatic hydroxyl groups excluding tert-OH is 4. The predicted octanol–water partition coefficient (Wildman–Crippen LogP) is -3.89. The maximum Gasteiger partial charge on any atom is 0.330 e. The summed E-state index contributed by atoms with van der Waals surface area (Å²) in [5, 5.41) is 43.8. The molecular weight excluding hydrogens is 516 g/mol. The maximum atomic E-state index is 12.4. The van der Waals surface area contributed by atoms with Crippen molar-refractivity contribution in [1.29, 1.82) is 0 Å². The molecule has 0 aliphatic carbocycles. The number of aliphatic hydroxyl groups is 4. The molecule has 3 heterocycles.